The molecule has 0 bridgehead atoms. The zero-order chi connectivity index (χ0) is 10.0. The Balaban J connectivity index is 0.00000169. The highest BCUT2D eigenvalue weighted by Gasteiger charge is 2.08. The fourth-order valence-corrected chi connectivity index (χ4v) is 1.25. The first-order chi connectivity index (χ1) is 6.02. The highest BCUT2D eigenvalue weighted by Crippen LogP contribution is 2.28. The molecule has 0 fully saturated rings. The topological polar surface area (TPSA) is 46.5 Å². The van der Waals surface area contributed by atoms with Gasteiger partial charge in [0.1, 0.15) is 5.75 Å². The molecule has 0 aliphatic heterocycles. The minimum Gasteiger partial charge on any atom is -0.449 e. The largest absolute Gasteiger partial charge is 0.511 e. The molecule has 0 radical (unpaired) electrons. The second-order valence-electron chi connectivity index (χ2n) is 2.72. The Bertz CT molecular complexity index is 352. The van der Waals surface area contributed by atoms with Crippen LogP contribution in [0.1, 0.15) is 11.1 Å². The van der Waals surface area contributed by atoms with E-state index in [1.54, 1.807) is 12.1 Å². The summed E-state index contributed by atoms with van der Waals surface area (Å²) in [5, 5.41) is 8.40. The monoisotopic (exact) mass is 234 g/mol. The van der Waals surface area contributed by atoms with E-state index in [0.29, 0.717) is 4.90 Å². The molecular formula is C9H11ClO3S. The predicted octanol–water partition coefficient (Wildman–Crippen LogP) is 3.07. The molecule has 0 aliphatic rings. The van der Waals surface area contributed by atoms with Crippen LogP contribution < -0.4 is 4.74 Å². The van der Waals surface area contributed by atoms with Gasteiger partial charge in [0.25, 0.3) is 0 Å². The molecule has 0 spiro atoms. The van der Waals surface area contributed by atoms with Crippen LogP contribution in [0.25, 0.3) is 0 Å². The predicted molar refractivity (Wildman–Crippen MR) is 59.1 cm³/mol. The van der Waals surface area contributed by atoms with Crippen LogP contribution >= 0.6 is 25.0 Å². The highest BCUT2D eigenvalue weighted by atomic mass is 35.5. The highest BCUT2D eigenvalue weighted by molar-refractivity contribution is 7.80. The molecule has 3 nitrogen and oxygen atoms in total. The summed E-state index contributed by atoms with van der Waals surface area (Å²) in [6.45, 7) is 3.80. The Morgan fingerprint density at radius 1 is 1.43 bits per heavy atom. The Hall–Kier alpha value is -0.870. The lowest BCUT2D eigenvalue weighted by Crippen LogP contribution is -2.04. The van der Waals surface area contributed by atoms with Crippen LogP contribution in [0, 0.1) is 13.8 Å². The van der Waals surface area contributed by atoms with Crippen LogP contribution in [0.4, 0.5) is 4.79 Å². The number of hydrogen-bond acceptors (Lipinski definition) is 3. The van der Waals surface area contributed by atoms with Crippen molar-refractivity contribution in [3.05, 3.63) is 23.3 Å². The molecule has 0 heterocycles. The fraction of sp³-hybridized carbons (Fsp3) is 0.222. The summed E-state index contributed by atoms with van der Waals surface area (Å²) in [4.78, 5) is 10.8. The summed E-state index contributed by atoms with van der Waals surface area (Å²) in [6, 6.07) is 3.39. The second kappa shape index (κ2) is 5.12. The first kappa shape index (κ1) is 13.1. The van der Waals surface area contributed by atoms with E-state index in [-0.39, 0.29) is 18.2 Å². The number of carbonyl (C=O) groups is 1. The SMILES string of the molecule is Cc1ccc(OC(=O)O)c(S)c1C.Cl. The smallest absolute Gasteiger partial charge is 0.449 e. The maximum atomic E-state index is 10.3. The maximum Gasteiger partial charge on any atom is 0.511 e. The van der Waals surface area contributed by atoms with Gasteiger partial charge < -0.3 is 9.84 Å². The minimum absolute atomic E-state index is 0. The number of thiol groups is 1. The van der Waals surface area contributed by atoms with Crippen LogP contribution in [0.15, 0.2) is 17.0 Å². The number of rotatable bonds is 1. The standard InChI is InChI=1S/C9H10O3S.ClH/c1-5-3-4-7(12-9(10)11)8(13)6(5)2;/h3-4,13H,1-2H3,(H,10,11);1H. The molecule has 5 heteroatoms. The van der Waals surface area contributed by atoms with Crippen molar-refractivity contribution in [3.63, 3.8) is 0 Å². The van der Waals surface area contributed by atoms with Gasteiger partial charge in [0.15, 0.2) is 0 Å². The zero-order valence-electron chi connectivity index (χ0n) is 7.77. The van der Waals surface area contributed by atoms with Gasteiger partial charge in [-0.15, -0.1) is 25.0 Å². The van der Waals surface area contributed by atoms with Crippen LogP contribution in [0.3, 0.4) is 0 Å². The van der Waals surface area contributed by atoms with Gasteiger partial charge >= 0.3 is 6.16 Å². The van der Waals surface area contributed by atoms with Crippen molar-refractivity contribution in [1.82, 2.24) is 0 Å². The van der Waals surface area contributed by atoms with Gasteiger partial charge in [-0.3, -0.25) is 0 Å². The van der Waals surface area contributed by atoms with E-state index in [0.717, 1.165) is 11.1 Å². The van der Waals surface area contributed by atoms with Gasteiger partial charge in [-0.1, -0.05) is 6.07 Å². The van der Waals surface area contributed by atoms with Crippen molar-refractivity contribution in [2.75, 3.05) is 0 Å². The third-order valence-electron chi connectivity index (χ3n) is 1.86. The summed E-state index contributed by atoms with van der Waals surface area (Å²) >= 11 is 4.17. The molecule has 0 saturated heterocycles. The molecule has 0 aromatic heterocycles. The molecule has 0 amide bonds. The van der Waals surface area contributed by atoms with E-state index >= 15 is 0 Å². The van der Waals surface area contributed by atoms with Crippen molar-refractivity contribution in [2.24, 2.45) is 0 Å². The molecule has 0 saturated carbocycles. The lowest BCUT2D eigenvalue weighted by molar-refractivity contribution is 0.143. The van der Waals surface area contributed by atoms with Crippen molar-refractivity contribution >= 4 is 31.2 Å². The number of halogens is 1. The van der Waals surface area contributed by atoms with Crippen LogP contribution in [-0.4, -0.2) is 11.3 Å². The van der Waals surface area contributed by atoms with Crippen LogP contribution in [0.2, 0.25) is 0 Å². The van der Waals surface area contributed by atoms with Gasteiger partial charge in [0.05, 0.1) is 4.90 Å². The Morgan fingerprint density at radius 3 is 2.50 bits per heavy atom. The molecule has 0 aliphatic carbocycles. The van der Waals surface area contributed by atoms with E-state index in [1.807, 2.05) is 13.8 Å². The molecular weight excluding hydrogens is 224 g/mol. The average Bonchev–Trinajstić information content (AvgIpc) is 2.06. The molecule has 14 heavy (non-hydrogen) atoms. The Kier molecular flexibility index (Phi) is 4.80. The normalized spacial score (nSPS) is 9.07. The minimum atomic E-state index is -1.32. The van der Waals surface area contributed by atoms with Crippen molar-refractivity contribution in [2.45, 2.75) is 18.7 Å². The molecule has 1 aromatic rings. The molecule has 1 aromatic carbocycles. The molecule has 0 unspecified atom stereocenters. The number of ether oxygens (including phenoxy) is 1. The number of carboxylic acid groups (broad SMARTS) is 1. The lowest BCUT2D eigenvalue weighted by atomic mass is 10.1. The summed E-state index contributed by atoms with van der Waals surface area (Å²) in [5.41, 5.74) is 1.99. The van der Waals surface area contributed by atoms with Crippen molar-refractivity contribution in [1.29, 1.82) is 0 Å². The molecule has 0 atom stereocenters. The number of hydrogen-bond donors (Lipinski definition) is 2. The molecule has 1 rings (SSSR count). The number of aryl methyl sites for hydroxylation is 1. The quantitative estimate of drug-likeness (QED) is 0.446. The zero-order valence-corrected chi connectivity index (χ0v) is 9.48. The first-order valence-electron chi connectivity index (χ1n) is 3.72. The van der Waals surface area contributed by atoms with Crippen LogP contribution in [0.5, 0.6) is 5.75 Å². The number of benzene rings is 1. The van der Waals surface area contributed by atoms with Crippen molar-refractivity contribution in [3.8, 4) is 5.75 Å². The lowest BCUT2D eigenvalue weighted by Gasteiger charge is -2.08. The molecule has 78 valence electrons. The second-order valence-corrected chi connectivity index (χ2v) is 3.17. The third kappa shape index (κ3) is 2.82. The van der Waals surface area contributed by atoms with E-state index in [9.17, 15) is 4.79 Å². The van der Waals surface area contributed by atoms with Crippen molar-refractivity contribution < 1.29 is 14.6 Å². The Morgan fingerprint density at radius 2 is 2.00 bits per heavy atom. The van der Waals surface area contributed by atoms with E-state index in [2.05, 4.69) is 17.4 Å². The average molecular weight is 235 g/mol. The summed E-state index contributed by atoms with van der Waals surface area (Å²) in [6.07, 6.45) is -1.32. The van der Waals surface area contributed by atoms with Gasteiger partial charge in [-0.05, 0) is 31.0 Å². The summed E-state index contributed by atoms with van der Waals surface area (Å²) < 4.78 is 4.52. The first-order valence-corrected chi connectivity index (χ1v) is 4.17. The van der Waals surface area contributed by atoms with Gasteiger partial charge in [0.2, 0.25) is 0 Å². The Labute approximate surface area is 93.9 Å². The molecule has 1 N–H and O–H groups in total. The maximum absolute atomic E-state index is 10.3. The van der Waals surface area contributed by atoms with Gasteiger partial charge in [0, 0.05) is 0 Å². The summed E-state index contributed by atoms with van der Waals surface area (Å²) in [5.74, 6) is 0.277. The van der Waals surface area contributed by atoms with Crippen LogP contribution in [-0.2, 0) is 0 Å². The third-order valence-corrected chi connectivity index (χ3v) is 2.42. The van der Waals surface area contributed by atoms with E-state index < -0.39 is 6.16 Å². The van der Waals surface area contributed by atoms with E-state index in [1.165, 1.54) is 0 Å². The van der Waals surface area contributed by atoms with Gasteiger partial charge in [-0.2, -0.15) is 0 Å². The fourth-order valence-electron chi connectivity index (χ4n) is 0.953. The van der Waals surface area contributed by atoms with E-state index in [4.69, 9.17) is 5.11 Å². The summed E-state index contributed by atoms with van der Waals surface area (Å²) in [7, 11) is 0. The van der Waals surface area contributed by atoms with Gasteiger partial charge in [-0.25, -0.2) is 4.79 Å².